The van der Waals surface area contributed by atoms with E-state index in [4.69, 9.17) is 5.26 Å². The van der Waals surface area contributed by atoms with Crippen molar-refractivity contribution in [2.45, 2.75) is 19.3 Å². The highest BCUT2D eigenvalue weighted by Crippen LogP contribution is 2.40. The molecule has 2 heterocycles. The molecule has 4 heteroatoms. The van der Waals surface area contributed by atoms with Gasteiger partial charge in [0.2, 0.25) is 0 Å². The Morgan fingerprint density at radius 3 is 2.48 bits per heavy atom. The molecule has 0 radical (unpaired) electrons. The van der Waals surface area contributed by atoms with Crippen molar-refractivity contribution in [3.63, 3.8) is 0 Å². The third-order valence-corrected chi connectivity index (χ3v) is 5.02. The van der Waals surface area contributed by atoms with Gasteiger partial charge >= 0.3 is 0 Å². The van der Waals surface area contributed by atoms with Crippen LogP contribution in [0, 0.1) is 16.7 Å². The molecule has 2 fully saturated rings. The third-order valence-electron chi connectivity index (χ3n) is 5.02. The van der Waals surface area contributed by atoms with Gasteiger partial charge in [-0.05, 0) is 50.4 Å². The van der Waals surface area contributed by atoms with E-state index in [0.717, 1.165) is 32.5 Å². The average Bonchev–Trinajstić information content (AvgIpc) is 2.88. The molecule has 110 valence electrons. The minimum absolute atomic E-state index is 0.00773. The van der Waals surface area contributed by atoms with Crippen LogP contribution in [-0.2, 0) is 0 Å². The maximum atomic E-state index is 12.6. The second-order valence-corrected chi connectivity index (χ2v) is 6.44. The van der Waals surface area contributed by atoms with Gasteiger partial charge in [-0.2, -0.15) is 5.26 Å². The number of rotatable bonds is 1. The van der Waals surface area contributed by atoms with Crippen LogP contribution in [0.25, 0.3) is 0 Å². The summed E-state index contributed by atoms with van der Waals surface area (Å²) in [5.41, 5.74) is 1.43. The van der Waals surface area contributed by atoms with E-state index in [0.29, 0.717) is 16.5 Å². The highest BCUT2D eigenvalue weighted by atomic mass is 16.2. The highest BCUT2D eigenvalue weighted by Gasteiger charge is 2.40. The van der Waals surface area contributed by atoms with Crippen molar-refractivity contribution < 1.29 is 4.79 Å². The number of nitriles is 1. The molecule has 4 nitrogen and oxygen atoms in total. The molecule has 0 unspecified atom stereocenters. The van der Waals surface area contributed by atoms with Gasteiger partial charge in [0.15, 0.2) is 0 Å². The van der Waals surface area contributed by atoms with Crippen LogP contribution in [-0.4, -0.2) is 48.9 Å². The van der Waals surface area contributed by atoms with Gasteiger partial charge in [0.05, 0.1) is 17.2 Å². The van der Waals surface area contributed by atoms with Crippen LogP contribution < -0.4 is 0 Å². The summed E-state index contributed by atoms with van der Waals surface area (Å²) in [4.78, 5) is 16.9. The molecule has 21 heavy (non-hydrogen) atoms. The predicted octanol–water partition coefficient (Wildman–Crippen LogP) is 2.12. The Kier molecular flexibility index (Phi) is 3.69. The topological polar surface area (TPSA) is 47.3 Å². The smallest absolute Gasteiger partial charge is 0.255 e. The van der Waals surface area contributed by atoms with Gasteiger partial charge in [0.1, 0.15) is 0 Å². The van der Waals surface area contributed by atoms with E-state index < -0.39 is 0 Å². The normalized spacial score (nSPS) is 21.4. The lowest BCUT2D eigenvalue weighted by Gasteiger charge is -2.39. The van der Waals surface area contributed by atoms with E-state index in [9.17, 15) is 4.79 Å². The minimum atomic E-state index is 0.00773. The number of hydrogen-bond donors (Lipinski definition) is 0. The molecule has 0 saturated carbocycles. The lowest BCUT2D eigenvalue weighted by molar-refractivity contribution is 0.0593. The van der Waals surface area contributed by atoms with Crippen molar-refractivity contribution >= 4 is 5.91 Å². The number of hydrogen-bond acceptors (Lipinski definition) is 3. The van der Waals surface area contributed by atoms with Crippen molar-refractivity contribution in [3.05, 3.63) is 35.4 Å². The van der Waals surface area contributed by atoms with Crippen LogP contribution in [0.4, 0.5) is 0 Å². The van der Waals surface area contributed by atoms with Crippen LogP contribution in [0.5, 0.6) is 0 Å². The zero-order valence-corrected chi connectivity index (χ0v) is 12.5. The second-order valence-electron chi connectivity index (χ2n) is 6.44. The van der Waals surface area contributed by atoms with E-state index in [1.54, 1.807) is 18.2 Å². The van der Waals surface area contributed by atoms with Crippen molar-refractivity contribution in [1.29, 1.82) is 5.26 Å². The first-order valence-corrected chi connectivity index (χ1v) is 7.61. The number of piperidine rings is 1. The van der Waals surface area contributed by atoms with Crippen LogP contribution in [0.1, 0.15) is 35.2 Å². The molecule has 1 spiro atoms. The quantitative estimate of drug-likeness (QED) is 0.793. The van der Waals surface area contributed by atoms with Crippen LogP contribution in [0.2, 0.25) is 0 Å². The first-order chi connectivity index (χ1) is 10.1. The van der Waals surface area contributed by atoms with E-state index in [2.05, 4.69) is 18.0 Å². The summed E-state index contributed by atoms with van der Waals surface area (Å²) in [6, 6.07) is 9.21. The Bertz CT molecular complexity index is 582. The van der Waals surface area contributed by atoms with Gasteiger partial charge in [-0.1, -0.05) is 12.1 Å². The molecule has 1 aromatic carbocycles. The van der Waals surface area contributed by atoms with Crippen LogP contribution >= 0.6 is 0 Å². The molecule has 0 aliphatic carbocycles. The summed E-state index contributed by atoms with van der Waals surface area (Å²) < 4.78 is 0. The van der Waals surface area contributed by atoms with E-state index in [1.165, 1.54) is 13.0 Å². The number of benzene rings is 1. The lowest BCUT2D eigenvalue weighted by atomic mass is 9.77. The standard InChI is InChI=1S/C17H21N3O/c1-19-9-6-17(13-19)7-10-20(11-8-17)16(21)15-5-3-2-4-14(15)12-18/h2-5H,6-11,13H2,1H3. The van der Waals surface area contributed by atoms with Gasteiger partial charge in [0, 0.05) is 19.6 Å². The molecule has 2 saturated heterocycles. The largest absolute Gasteiger partial charge is 0.339 e. The molecule has 0 N–H and O–H groups in total. The van der Waals surface area contributed by atoms with Gasteiger partial charge in [-0.25, -0.2) is 0 Å². The first kappa shape index (κ1) is 14.1. The monoisotopic (exact) mass is 283 g/mol. The second kappa shape index (κ2) is 5.50. The summed E-state index contributed by atoms with van der Waals surface area (Å²) >= 11 is 0. The summed E-state index contributed by atoms with van der Waals surface area (Å²) in [6.07, 6.45) is 3.41. The lowest BCUT2D eigenvalue weighted by Crippen LogP contribution is -2.44. The molecule has 0 bridgehead atoms. The Morgan fingerprint density at radius 1 is 1.19 bits per heavy atom. The fourth-order valence-corrected chi connectivity index (χ4v) is 3.69. The predicted molar refractivity (Wildman–Crippen MR) is 80.8 cm³/mol. The van der Waals surface area contributed by atoms with Gasteiger partial charge in [-0.3, -0.25) is 4.79 Å². The average molecular weight is 283 g/mol. The molecule has 1 aromatic rings. The molecule has 1 amide bonds. The zero-order chi connectivity index (χ0) is 14.9. The summed E-state index contributed by atoms with van der Waals surface area (Å²) in [5.74, 6) is 0.00773. The molecule has 2 aliphatic rings. The fourth-order valence-electron chi connectivity index (χ4n) is 3.69. The Labute approximate surface area is 126 Å². The number of carbonyl (C=O) groups is 1. The van der Waals surface area contributed by atoms with Crippen molar-refractivity contribution in [1.82, 2.24) is 9.80 Å². The Morgan fingerprint density at radius 2 is 1.86 bits per heavy atom. The van der Waals surface area contributed by atoms with Crippen molar-refractivity contribution in [2.24, 2.45) is 5.41 Å². The Hall–Kier alpha value is -1.86. The van der Waals surface area contributed by atoms with Crippen molar-refractivity contribution in [3.8, 4) is 6.07 Å². The Balaban J connectivity index is 1.70. The molecule has 3 rings (SSSR count). The van der Waals surface area contributed by atoms with Crippen LogP contribution in [0.15, 0.2) is 24.3 Å². The van der Waals surface area contributed by atoms with Gasteiger partial charge in [0.25, 0.3) is 5.91 Å². The molecule has 0 atom stereocenters. The molecule has 0 aromatic heterocycles. The maximum Gasteiger partial charge on any atom is 0.255 e. The molecular formula is C17H21N3O. The summed E-state index contributed by atoms with van der Waals surface area (Å²) in [7, 11) is 2.18. The minimum Gasteiger partial charge on any atom is -0.339 e. The van der Waals surface area contributed by atoms with E-state index in [-0.39, 0.29) is 5.91 Å². The summed E-state index contributed by atoms with van der Waals surface area (Å²) in [5, 5.41) is 9.14. The van der Waals surface area contributed by atoms with E-state index >= 15 is 0 Å². The number of likely N-dealkylation sites (tertiary alicyclic amines) is 2. The van der Waals surface area contributed by atoms with Crippen molar-refractivity contribution in [2.75, 3.05) is 33.2 Å². The highest BCUT2D eigenvalue weighted by molar-refractivity contribution is 5.96. The van der Waals surface area contributed by atoms with Gasteiger partial charge in [-0.15, -0.1) is 0 Å². The van der Waals surface area contributed by atoms with Crippen LogP contribution in [0.3, 0.4) is 0 Å². The zero-order valence-electron chi connectivity index (χ0n) is 12.5. The number of carbonyl (C=O) groups excluding carboxylic acids is 1. The first-order valence-electron chi connectivity index (χ1n) is 7.61. The number of amides is 1. The number of nitrogens with zero attached hydrogens (tertiary/aromatic N) is 3. The van der Waals surface area contributed by atoms with E-state index in [1.807, 2.05) is 11.0 Å². The maximum absolute atomic E-state index is 12.6. The molecule has 2 aliphatic heterocycles. The summed E-state index contributed by atoms with van der Waals surface area (Å²) in [6.45, 7) is 3.95. The van der Waals surface area contributed by atoms with Gasteiger partial charge < -0.3 is 9.80 Å². The third kappa shape index (κ3) is 2.66. The fraction of sp³-hybridized carbons (Fsp3) is 0.529. The molecular weight excluding hydrogens is 262 g/mol. The SMILES string of the molecule is CN1CCC2(CCN(C(=O)c3ccccc3C#N)CC2)C1.